The van der Waals surface area contributed by atoms with Gasteiger partial charge in [0, 0.05) is 11.7 Å². The highest BCUT2D eigenvalue weighted by Crippen LogP contribution is 2.27. The number of benzene rings is 1. The molecule has 8 heteroatoms. The van der Waals surface area contributed by atoms with Gasteiger partial charge in [0.25, 0.3) is 0 Å². The number of hydrogen-bond acceptors (Lipinski definition) is 8. The summed E-state index contributed by atoms with van der Waals surface area (Å²) in [7, 11) is 4.31. The lowest BCUT2D eigenvalue weighted by molar-refractivity contribution is 0.269. The van der Waals surface area contributed by atoms with Gasteiger partial charge in [0.1, 0.15) is 23.3 Å². The van der Waals surface area contributed by atoms with Crippen LogP contribution in [0.25, 0.3) is 0 Å². The van der Waals surface area contributed by atoms with Crippen LogP contribution in [0.5, 0.6) is 0 Å². The summed E-state index contributed by atoms with van der Waals surface area (Å²) >= 11 is 0. The number of hydrogen-bond donors (Lipinski definition) is 3. The first-order valence-corrected chi connectivity index (χ1v) is 10.3. The number of rotatable bonds is 5. The van der Waals surface area contributed by atoms with Crippen molar-refractivity contribution in [3.63, 3.8) is 0 Å². The first-order valence-electron chi connectivity index (χ1n) is 10.3. The van der Waals surface area contributed by atoms with E-state index in [4.69, 9.17) is 5.73 Å². The van der Waals surface area contributed by atoms with Gasteiger partial charge in [-0.2, -0.15) is 10.2 Å². The van der Waals surface area contributed by atoms with E-state index in [1.807, 2.05) is 0 Å². The number of aromatic nitrogens is 3. The number of nitriles is 1. The van der Waals surface area contributed by atoms with E-state index in [1.165, 1.54) is 23.7 Å². The largest absolute Gasteiger partial charge is 0.384 e. The number of nitrogens with two attached hydrogens (primary N) is 1. The van der Waals surface area contributed by atoms with E-state index in [0.29, 0.717) is 35.0 Å². The number of nitrogens with zero attached hydrogens (tertiary/aromatic N) is 5. The summed E-state index contributed by atoms with van der Waals surface area (Å²) in [6, 6.07) is 14.4. The number of nitrogens with one attached hydrogen (secondary N) is 2. The van der Waals surface area contributed by atoms with E-state index < -0.39 is 0 Å². The molecular formula is C23H26N8. The van der Waals surface area contributed by atoms with Gasteiger partial charge >= 0.3 is 0 Å². The van der Waals surface area contributed by atoms with E-state index in [0.717, 1.165) is 24.9 Å². The van der Waals surface area contributed by atoms with Crippen LogP contribution in [0.2, 0.25) is 0 Å². The van der Waals surface area contributed by atoms with Gasteiger partial charge in [0.05, 0.1) is 6.20 Å². The van der Waals surface area contributed by atoms with Crippen LogP contribution < -0.4 is 16.4 Å². The van der Waals surface area contributed by atoms with Crippen molar-refractivity contribution in [2.24, 2.45) is 0 Å². The standard InChI is InChI=1S/C23H26N8/c1-31(2)19-10-7-15-6-9-18(12-16(15)8-11-19)27-23-26-14-17(13-24)22(30-23)29-21-5-3-4-20(25)28-21/h3-6,9,12,14,19H,7-8,10-11H2,1-2H3,(H4,25,26,27,28,29,30). The fourth-order valence-electron chi connectivity index (χ4n) is 3.88. The molecule has 4 rings (SSSR count). The average Bonchev–Trinajstić information content (AvgIpc) is 2.96. The Labute approximate surface area is 182 Å². The Balaban J connectivity index is 1.54. The van der Waals surface area contributed by atoms with Gasteiger partial charge in [-0.05, 0) is 75.2 Å². The summed E-state index contributed by atoms with van der Waals surface area (Å²) in [6.45, 7) is 0. The predicted molar refractivity (Wildman–Crippen MR) is 123 cm³/mol. The highest BCUT2D eigenvalue weighted by Gasteiger charge is 2.18. The van der Waals surface area contributed by atoms with Gasteiger partial charge in [0.15, 0.2) is 5.82 Å². The third-order valence-electron chi connectivity index (χ3n) is 5.61. The van der Waals surface area contributed by atoms with Crippen LogP contribution in [-0.4, -0.2) is 40.0 Å². The van der Waals surface area contributed by atoms with E-state index in [-0.39, 0.29) is 0 Å². The van der Waals surface area contributed by atoms with Gasteiger partial charge in [-0.25, -0.2) is 9.97 Å². The lowest BCUT2D eigenvalue weighted by Crippen LogP contribution is -2.27. The van der Waals surface area contributed by atoms with Crippen molar-refractivity contribution in [2.45, 2.75) is 31.7 Å². The molecular weight excluding hydrogens is 388 g/mol. The SMILES string of the molecule is CN(C)C1CCc2ccc(Nc3ncc(C#N)c(Nc4cccc(N)n4)n3)cc2CC1. The van der Waals surface area contributed by atoms with Crippen molar-refractivity contribution in [3.05, 3.63) is 59.3 Å². The minimum absolute atomic E-state index is 0.325. The Morgan fingerprint density at radius 2 is 1.87 bits per heavy atom. The van der Waals surface area contributed by atoms with Gasteiger partial charge in [-0.15, -0.1) is 0 Å². The lowest BCUT2D eigenvalue weighted by atomic mass is 10.0. The van der Waals surface area contributed by atoms with Gasteiger partial charge < -0.3 is 21.3 Å². The van der Waals surface area contributed by atoms with Crippen molar-refractivity contribution >= 4 is 29.1 Å². The second kappa shape index (κ2) is 8.98. The molecule has 2 heterocycles. The second-order valence-corrected chi connectivity index (χ2v) is 7.94. The Bertz CT molecular complexity index is 1120. The molecule has 1 atom stereocenters. The normalized spacial score (nSPS) is 15.6. The Morgan fingerprint density at radius 1 is 1.06 bits per heavy atom. The summed E-state index contributed by atoms with van der Waals surface area (Å²) in [6.07, 6.45) is 5.97. The molecule has 158 valence electrons. The highest BCUT2D eigenvalue weighted by atomic mass is 15.2. The average molecular weight is 415 g/mol. The molecule has 0 aliphatic heterocycles. The highest BCUT2D eigenvalue weighted by molar-refractivity contribution is 5.64. The fraction of sp³-hybridized carbons (Fsp3) is 0.304. The molecule has 8 nitrogen and oxygen atoms in total. The maximum Gasteiger partial charge on any atom is 0.229 e. The van der Waals surface area contributed by atoms with E-state index >= 15 is 0 Å². The number of fused-ring (bicyclic) bond motifs is 1. The molecule has 4 N–H and O–H groups in total. The number of aryl methyl sites for hydroxylation is 2. The molecule has 0 radical (unpaired) electrons. The minimum atomic E-state index is 0.325. The van der Waals surface area contributed by atoms with Crippen LogP contribution >= 0.6 is 0 Å². The number of pyridine rings is 1. The van der Waals surface area contributed by atoms with E-state index in [2.05, 4.69) is 68.8 Å². The molecule has 1 unspecified atom stereocenters. The van der Waals surface area contributed by atoms with Crippen LogP contribution in [0.4, 0.5) is 29.1 Å². The van der Waals surface area contributed by atoms with Crippen molar-refractivity contribution in [1.82, 2.24) is 19.9 Å². The molecule has 3 aromatic rings. The maximum absolute atomic E-state index is 9.41. The fourth-order valence-corrected chi connectivity index (χ4v) is 3.88. The monoisotopic (exact) mass is 414 g/mol. The molecule has 1 aliphatic rings. The Morgan fingerprint density at radius 3 is 2.61 bits per heavy atom. The summed E-state index contributed by atoms with van der Waals surface area (Å²) in [5, 5.41) is 15.7. The van der Waals surface area contributed by atoms with E-state index in [1.54, 1.807) is 18.2 Å². The summed E-state index contributed by atoms with van der Waals surface area (Å²) < 4.78 is 0. The summed E-state index contributed by atoms with van der Waals surface area (Å²) in [5.74, 6) is 1.69. The van der Waals surface area contributed by atoms with Crippen molar-refractivity contribution in [2.75, 3.05) is 30.5 Å². The van der Waals surface area contributed by atoms with Gasteiger partial charge in [-0.1, -0.05) is 12.1 Å². The second-order valence-electron chi connectivity index (χ2n) is 7.94. The maximum atomic E-state index is 9.41. The Hall–Kier alpha value is -3.70. The van der Waals surface area contributed by atoms with Crippen LogP contribution in [-0.2, 0) is 12.8 Å². The smallest absolute Gasteiger partial charge is 0.229 e. The molecule has 2 aromatic heterocycles. The summed E-state index contributed by atoms with van der Waals surface area (Å²) in [5.41, 5.74) is 9.77. The molecule has 0 amide bonds. The minimum Gasteiger partial charge on any atom is -0.384 e. The van der Waals surface area contributed by atoms with Crippen molar-refractivity contribution in [3.8, 4) is 6.07 Å². The lowest BCUT2D eigenvalue weighted by Gasteiger charge is -2.21. The molecule has 0 bridgehead atoms. The van der Waals surface area contributed by atoms with Crippen LogP contribution in [0.15, 0.2) is 42.6 Å². The molecule has 0 spiro atoms. The quantitative estimate of drug-likeness (QED) is 0.542. The Kier molecular flexibility index (Phi) is 5.96. The van der Waals surface area contributed by atoms with Crippen LogP contribution in [0.1, 0.15) is 29.5 Å². The van der Waals surface area contributed by atoms with Gasteiger partial charge in [0.2, 0.25) is 5.95 Å². The van der Waals surface area contributed by atoms with Crippen molar-refractivity contribution < 1.29 is 0 Å². The molecule has 1 aromatic carbocycles. The van der Waals surface area contributed by atoms with Crippen molar-refractivity contribution in [1.29, 1.82) is 5.26 Å². The zero-order valence-corrected chi connectivity index (χ0v) is 17.8. The predicted octanol–water partition coefficient (Wildman–Crippen LogP) is 3.62. The summed E-state index contributed by atoms with van der Waals surface area (Å²) in [4.78, 5) is 15.3. The van der Waals surface area contributed by atoms with Gasteiger partial charge in [-0.3, -0.25) is 0 Å². The number of anilines is 5. The zero-order chi connectivity index (χ0) is 21.8. The first kappa shape index (κ1) is 20.6. The van der Waals surface area contributed by atoms with Crippen LogP contribution in [0, 0.1) is 11.3 Å². The number of nitrogen functional groups attached to an aromatic ring is 1. The topological polar surface area (TPSA) is 116 Å². The third kappa shape index (κ3) is 4.90. The molecule has 0 saturated carbocycles. The zero-order valence-electron chi connectivity index (χ0n) is 17.8. The molecule has 1 aliphatic carbocycles. The first-order chi connectivity index (χ1) is 15.0. The molecule has 0 saturated heterocycles. The third-order valence-corrected chi connectivity index (χ3v) is 5.61. The molecule has 0 fully saturated rings. The van der Waals surface area contributed by atoms with E-state index in [9.17, 15) is 5.26 Å². The van der Waals surface area contributed by atoms with Crippen LogP contribution in [0.3, 0.4) is 0 Å². The molecule has 31 heavy (non-hydrogen) atoms.